The molecule has 0 fully saturated rings. The third kappa shape index (κ3) is 7.19. The highest BCUT2D eigenvalue weighted by Gasteiger charge is 2.17. The van der Waals surface area contributed by atoms with Crippen molar-refractivity contribution >= 4 is 38.6 Å². The minimum Gasteiger partial charge on any atom is -0.480 e. The Bertz CT molecular complexity index is 1560. The molecule has 0 aliphatic carbocycles. The number of sulfonamides is 1. The number of aromatic nitrogens is 4. The van der Waals surface area contributed by atoms with Crippen molar-refractivity contribution in [1.82, 2.24) is 29.6 Å². The molecule has 0 aliphatic rings. The van der Waals surface area contributed by atoms with Crippen LogP contribution in [0.25, 0.3) is 11.2 Å². The molecule has 0 unspecified atom stereocenters. The summed E-state index contributed by atoms with van der Waals surface area (Å²) in [6, 6.07) is 9.41. The van der Waals surface area contributed by atoms with E-state index in [4.69, 9.17) is 22.1 Å². The van der Waals surface area contributed by atoms with E-state index in [1.165, 1.54) is 18.2 Å². The SMILES string of the molecule is C=C(NCc1ccc(S(=O)(=O)NCc2c(F)cccc2F)cc1)OCCCCn1cnc2c(N)nc(Cl)nc21. The summed E-state index contributed by atoms with van der Waals surface area (Å²) in [5.74, 6) is -1.03. The van der Waals surface area contributed by atoms with Gasteiger partial charge in [0.25, 0.3) is 0 Å². The van der Waals surface area contributed by atoms with Crippen LogP contribution in [0.2, 0.25) is 5.28 Å². The van der Waals surface area contributed by atoms with Gasteiger partial charge < -0.3 is 20.4 Å². The number of rotatable bonds is 13. The van der Waals surface area contributed by atoms with Crippen LogP contribution in [0.5, 0.6) is 0 Å². The smallest absolute Gasteiger partial charge is 0.240 e. The fourth-order valence-electron chi connectivity index (χ4n) is 3.67. The van der Waals surface area contributed by atoms with Gasteiger partial charge in [0.1, 0.15) is 17.2 Å². The van der Waals surface area contributed by atoms with Gasteiger partial charge in [-0.1, -0.05) is 18.2 Å². The number of nitrogens with zero attached hydrogens (tertiary/aromatic N) is 4. The van der Waals surface area contributed by atoms with Crippen molar-refractivity contribution < 1.29 is 21.9 Å². The number of halogens is 3. The summed E-state index contributed by atoms with van der Waals surface area (Å²) in [7, 11) is -3.96. The molecular formula is C25H26ClF2N7O3S. The molecule has 0 atom stereocenters. The zero-order valence-corrected chi connectivity index (χ0v) is 22.3. The number of fused-ring (bicyclic) bond motifs is 1. The van der Waals surface area contributed by atoms with Crippen LogP contribution in [0.4, 0.5) is 14.6 Å². The summed E-state index contributed by atoms with van der Waals surface area (Å²) in [6.45, 7) is 4.77. The molecule has 4 N–H and O–H groups in total. The Hall–Kier alpha value is -3.81. The highest BCUT2D eigenvalue weighted by Crippen LogP contribution is 2.19. The molecule has 4 rings (SSSR count). The fraction of sp³-hybridized carbons (Fsp3) is 0.240. The molecule has 0 spiro atoms. The Kier molecular flexibility index (Phi) is 8.94. The zero-order valence-electron chi connectivity index (χ0n) is 20.7. The predicted octanol–water partition coefficient (Wildman–Crippen LogP) is 3.88. The van der Waals surface area contributed by atoms with Crippen molar-refractivity contribution in [2.75, 3.05) is 12.3 Å². The second-order valence-electron chi connectivity index (χ2n) is 8.49. The number of benzene rings is 2. The lowest BCUT2D eigenvalue weighted by Crippen LogP contribution is -2.24. The average molecular weight is 578 g/mol. The highest BCUT2D eigenvalue weighted by molar-refractivity contribution is 7.89. The summed E-state index contributed by atoms with van der Waals surface area (Å²) in [4.78, 5) is 12.3. The van der Waals surface area contributed by atoms with Crippen LogP contribution in [-0.2, 0) is 34.4 Å². The second-order valence-corrected chi connectivity index (χ2v) is 10.6. The molecule has 10 nitrogen and oxygen atoms in total. The number of unbranched alkanes of at least 4 members (excludes halogenated alkanes) is 1. The first-order chi connectivity index (χ1) is 18.6. The Morgan fingerprint density at radius 2 is 1.79 bits per heavy atom. The van der Waals surface area contributed by atoms with Gasteiger partial charge in [-0.15, -0.1) is 0 Å². The van der Waals surface area contributed by atoms with E-state index in [9.17, 15) is 17.2 Å². The van der Waals surface area contributed by atoms with Gasteiger partial charge in [0, 0.05) is 25.2 Å². The van der Waals surface area contributed by atoms with Gasteiger partial charge in [0.15, 0.2) is 17.3 Å². The number of imidazole rings is 1. The summed E-state index contributed by atoms with van der Waals surface area (Å²) in [5, 5.41) is 3.10. The van der Waals surface area contributed by atoms with Crippen molar-refractivity contribution in [2.24, 2.45) is 0 Å². The molecule has 0 saturated carbocycles. The number of hydrogen-bond donors (Lipinski definition) is 3. The number of ether oxygens (including phenoxy) is 1. The maximum atomic E-state index is 13.8. The first kappa shape index (κ1) is 28.2. The maximum absolute atomic E-state index is 13.8. The molecule has 0 aliphatic heterocycles. The van der Waals surface area contributed by atoms with Gasteiger partial charge in [-0.3, -0.25) is 0 Å². The van der Waals surface area contributed by atoms with Gasteiger partial charge in [0.05, 0.1) is 17.8 Å². The molecule has 39 heavy (non-hydrogen) atoms. The van der Waals surface area contributed by atoms with Gasteiger partial charge >= 0.3 is 0 Å². The van der Waals surface area contributed by atoms with Gasteiger partial charge in [-0.05, 0) is 60.9 Å². The monoisotopic (exact) mass is 577 g/mol. The predicted molar refractivity (Wildman–Crippen MR) is 143 cm³/mol. The Morgan fingerprint density at radius 1 is 1.08 bits per heavy atom. The molecule has 0 radical (unpaired) electrons. The molecule has 206 valence electrons. The quantitative estimate of drug-likeness (QED) is 0.124. The number of aryl methyl sites for hydroxylation is 1. The maximum Gasteiger partial charge on any atom is 0.240 e. The molecule has 2 aromatic heterocycles. The number of anilines is 1. The minimum absolute atomic E-state index is 0.0276. The van der Waals surface area contributed by atoms with Crippen molar-refractivity contribution in [1.29, 1.82) is 0 Å². The van der Waals surface area contributed by atoms with Crippen molar-refractivity contribution in [3.05, 3.63) is 89.3 Å². The van der Waals surface area contributed by atoms with E-state index in [1.54, 1.807) is 18.5 Å². The molecule has 14 heteroatoms. The molecule has 0 amide bonds. The number of nitrogen functional groups attached to an aromatic ring is 1. The van der Waals surface area contributed by atoms with Gasteiger partial charge in [-0.25, -0.2) is 26.9 Å². The van der Waals surface area contributed by atoms with E-state index >= 15 is 0 Å². The summed E-state index contributed by atoms with van der Waals surface area (Å²) >= 11 is 5.88. The molecular weight excluding hydrogens is 552 g/mol. The molecule has 2 aromatic carbocycles. The lowest BCUT2D eigenvalue weighted by molar-refractivity contribution is 0.185. The number of nitrogens with two attached hydrogens (primary N) is 1. The summed E-state index contributed by atoms with van der Waals surface area (Å²) in [5.41, 5.74) is 7.34. The Balaban J connectivity index is 1.18. The number of nitrogens with one attached hydrogen (secondary N) is 2. The summed E-state index contributed by atoms with van der Waals surface area (Å²) < 4.78 is 62.3. The summed E-state index contributed by atoms with van der Waals surface area (Å²) in [6.07, 6.45) is 3.17. The van der Waals surface area contributed by atoms with Crippen LogP contribution in [0.15, 0.2) is 66.1 Å². The zero-order chi connectivity index (χ0) is 28.0. The molecule has 0 saturated heterocycles. The Labute approximate surface area is 228 Å². The van der Waals surface area contributed by atoms with Crippen molar-refractivity contribution in [2.45, 2.75) is 37.4 Å². The number of hydrogen-bond acceptors (Lipinski definition) is 8. The second kappa shape index (κ2) is 12.4. The van der Waals surface area contributed by atoms with E-state index in [-0.39, 0.29) is 21.6 Å². The lowest BCUT2D eigenvalue weighted by atomic mass is 10.2. The van der Waals surface area contributed by atoms with E-state index in [2.05, 4.69) is 31.6 Å². The largest absolute Gasteiger partial charge is 0.480 e. The normalized spacial score (nSPS) is 11.6. The average Bonchev–Trinajstić information content (AvgIpc) is 3.30. The van der Waals surface area contributed by atoms with Crippen molar-refractivity contribution in [3.63, 3.8) is 0 Å². The molecule has 0 bridgehead atoms. The van der Waals surface area contributed by atoms with Crippen molar-refractivity contribution in [3.8, 4) is 0 Å². The van der Waals surface area contributed by atoms with E-state index < -0.39 is 28.2 Å². The lowest BCUT2D eigenvalue weighted by Gasteiger charge is -2.12. The van der Waals surface area contributed by atoms with E-state index in [0.717, 1.165) is 30.5 Å². The van der Waals surface area contributed by atoms with Gasteiger partial charge in [0.2, 0.25) is 15.3 Å². The van der Waals surface area contributed by atoms with Crippen LogP contribution < -0.4 is 15.8 Å². The van der Waals surface area contributed by atoms with E-state index in [1.807, 2.05) is 4.57 Å². The highest BCUT2D eigenvalue weighted by atomic mass is 35.5. The standard InChI is InChI=1S/C25H26ClF2N7O3S/c1-16(38-12-3-2-11-35-15-31-22-23(29)33-25(26)34-24(22)35)30-13-17-7-9-18(10-8-17)39(36,37)32-14-19-20(27)5-4-6-21(19)28/h4-10,15,30,32H,1-3,11-14H2,(H2,29,33,34). The van der Waals surface area contributed by atoms with Crippen LogP contribution in [0.1, 0.15) is 24.0 Å². The third-order valence-corrected chi connectivity index (χ3v) is 7.34. The fourth-order valence-corrected chi connectivity index (χ4v) is 4.84. The van der Waals surface area contributed by atoms with Crippen LogP contribution in [-0.4, -0.2) is 34.5 Å². The Morgan fingerprint density at radius 3 is 2.51 bits per heavy atom. The topological polar surface area (TPSA) is 137 Å². The van der Waals surface area contributed by atoms with Crippen LogP contribution in [0, 0.1) is 11.6 Å². The van der Waals surface area contributed by atoms with Gasteiger partial charge in [-0.2, -0.15) is 9.97 Å². The molecule has 2 heterocycles. The van der Waals surface area contributed by atoms with Crippen LogP contribution >= 0.6 is 11.6 Å². The first-order valence-corrected chi connectivity index (χ1v) is 13.7. The first-order valence-electron chi connectivity index (χ1n) is 11.8. The van der Waals surface area contributed by atoms with Crippen LogP contribution in [0.3, 0.4) is 0 Å². The third-order valence-electron chi connectivity index (χ3n) is 5.76. The van der Waals surface area contributed by atoms with E-state index in [0.29, 0.717) is 36.7 Å². The minimum atomic E-state index is -3.96. The molecule has 4 aromatic rings.